The van der Waals surface area contributed by atoms with E-state index >= 15 is 0 Å². The summed E-state index contributed by atoms with van der Waals surface area (Å²) in [6, 6.07) is 4.98. The molecule has 4 N–H and O–H groups in total. The lowest BCUT2D eigenvalue weighted by Gasteiger charge is -2.08. The first-order valence-electron chi connectivity index (χ1n) is 5.62. The van der Waals surface area contributed by atoms with Gasteiger partial charge in [0.15, 0.2) is 5.16 Å². The maximum atomic E-state index is 11.7. The lowest BCUT2D eigenvalue weighted by Crippen LogP contribution is -2.13. The maximum absolute atomic E-state index is 11.7. The number of halogens is 1. The number of H-pyrrole nitrogens is 1. The molecule has 1 amide bonds. The van der Waals surface area contributed by atoms with Crippen molar-refractivity contribution in [3.63, 3.8) is 0 Å². The summed E-state index contributed by atoms with van der Waals surface area (Å²) in [6.45, 7) is 0. The number of nitrogens with zero attached hydrogens (tertiary/aromatic N) is 1. The van der Waals surface area contributed by atoms with Crippen LogP contribution >= 0.6 is 23.4 Å². The molecule has 7 heteroatoms. The van der Waals surface area contributed by atoms with Gasteiger partial charge in [0.25, 0.3) is 0 Å². The highest BCUT2D eigenvalue weighted by atomic mass is 35.5. The monoisotopic (exact) mass is 296 g/mol. The Balaban J connectivity index is 1.80. The molecule has 19 heavy (non-hydrogen) atoms. The van der Waals surface area contributed by atoms with Crippen molar-refractivity contribution in [1.82, 2.24) is 9.97 Å². The highest BCUT2D eigenvalue weighted by Crippen LogP contribution is 2.23. The van der Waals surface area contributed by atoms with E-state index in [0.717, 1.165) is 5.16 Å². The van der Waals surface area contributed by atoms with Gasteiger partial charge in [-0.05, 0) is 18.2 Å². The molecule has 2 aromatic rings. The smallest absolute Gasteiger partial charge is 0.225 e. The number of anilines is 2. The number of rotatable bonds is 5. The van der Waals surface area contributed by atoms with E-state index in [4.69, 9.17) is 17.3 Å². The molecular weight excluding hydrogens is 284 g/mol. The number of aromatic nitrogens is 2. The number of imidazole rings is 1. The first-order valence-corrected chi connectivity index (χ1v) is 6.98. The zero-order valence-electron chi connectivity index (χ0n) is 10.0. The molecule has 5 nitrogen and oxygen atoms in total. The van der Waals surface area contributed by atoms with Gasteiger partial charge < -0.3 is 16.0 Å². The van der Waals surface area contributed by atoms with E-state index in [0.29, 0.717) is 28.6 Å². The Morgan fingerprint density at radius 1 is 1.53 bits per heavy atom. The van der Waals surface area contributed by atoms with Crippen molar-refractivity contribution in [2.75, 3.05) is 16.8 Å². The van der Waals surface area contributed by atoms with Crippen molar-refractivity contribution in [1.29, 1.82) is 0 Å². The largest absolute Gasteiger partial charge is 0.397 e. The molecule has 2 rings (SSSR count). The average molecular weight is 297 g/mol. The lowest BCUT2D eigenvalue weighted by atomic mass is 10.2. The molecule has 0 fully saturated rings. The lowest BCUT2D eigenvalue weighted by molar-refractivity contribution is -0.115. The van der Waals surface area contributed by atoms with Gasteiger partial charge in [-0.3, -0.25) is 4.79 Å². The van der Waals surface area contributed by atoms with E-state index in [1.165, 1.54) is 11.8 Å². The number of nitrogens with one attached hydrogen (secondary N) is 2. The Bertz CT molecular complexity index is 559. The SMILES string of the molecule is Nc1cc(Cl)ccc1NC(=O)CCSc1ncc[nH]1. The van der Waals surface area contributed by atoms with Crippen LogP contribution in [0.4, 0.5) is 11.4 Å². The third kappa shape index (κ3) is 4.18. The van der Waals surface area contributed by atoms with E-state index in [1.807, 2.05) is 0 Å². The molecule has 0 aliphatic carbocycles. The third-order valence-electron chi connectivity index (χ3n) is 2.33. The molecule has 1 aromatic heterocycles. The number of carbonyl (C=O) groups excluding carboxylic acids is 1. The van der Waals surface area contributed by atoms with Crippen molar-refractivity contribution in [2.45, 2.75) is 11.6 Å². The number of thioether (sulfide) groups is 1. The second kappa shape index (κ2) is 6.49. The molecule has 0 unspecified atom stereocenters. The van der Waals surface area contributed by atoms with Gasteiger partial charge in [-0.1, -0.05) is 23.4 Å². The molecule has 0 radical (unpaired) electrons. The molecule has 0 saturated carbocycles. The van der Waals surface area contributed by atoms with Crippen LogP contribution in [0.5, 0.6) is 0 Å². The van der Waals surface area contributed by atoms with Crippen molar-refractivity contribution >= 4 is 40.6 Å². The zero-order valence-corrected chi connectivity index (χ0v) is 11.6. The molecule has 1 heterocycles. The van der Waals surface area contributed by atoms with Crippen LogP contribution in [0.25, 0.3) is 0 Å². The van der Waals surface area contributed by atoms with Gasteiger partial charge in [0.2, 0.25) is 5.91 Å². The van der Waals surface area contributed by atoms with Crippen molar-refractivity contribution in [3.05, 3.63) is 35.6 Å². The minimum Gasteiger partial charge on any atom is -0.397 e. The number of benzene rings is 1. The van der Waals surface area contributed by atoms with Crippen LogP contribution in [-0.2, 0) is 4.79 Å². The van der Waals surface area contributed by atoms with Crippen molar-refractivity contribution < 1.29 is 4.79 Å². The summed E-state index contributed by atoms with van der Waals surface area (Å²) in [6.07, 6.45) is 3.81. The van der Waals surface area contributed by atoms with Crippen LogP contribution in [0.15, 0.2) is 35.7 Å². The van der Waals surface area contributed by atoms with E-state index in [-0.39, 0.29) is 5.91 Å². The van der Waals surface area contributed by atoms with Crippen LogP contribution < -0.4 is 11.1 Å². The average Bonchev–Trinajstić information content (AvgIpc) is 2.86. The van der Waals surface area contributed by atoms with Crippen molar-refractivity contribution in [3.8, 4) is 0 Å². The minimum absolute atomic E-state index is 0.0897. The van der Waals surface area contributed by atoms with Gasteiger partial charge in [-0.25, -0.2) is 4.98 Å². The molecule has 1 aromatic carbocycles. The van der Waals surface area contributed by atoms with E-state index in [9.17, 15) is 4.79 Å². The molecule has 0 bridgehead atoms. The summed E-state index contributed by atoms with van der Waals surface area (Å²) in [5.41, 5.74) is 6.79. The standard InChI is InChI=1S/C12H13ClN4OS/c13-8-1-2-10(9(14)7-8)17-11(18)3-6-19-12-15-4-5-16-12/h1-2,4-5,7H,3,6,14H2,(H,15,16)(H,17,18). The van der Waals surface area contributed by atoms with Crippen molar-refractivity contribution in [2.24, 2.45) is 0 Å². The molecule has 0 atom stereocenters. The molecule has 0 aliphatic heterocycles. The summed E-state index contributed by atoms with van der Waals surface area (Å²) in [5, 5.41) is 4.10. The number of hydrogen-bond donors (Lipinski definition) is 3. The van der Waals surface area contributed by atoms with Gasteiger partial charge >= 0.3 is 0 Å². The van der Waals surface area contributed by atoms with Crippen LogP contribution in [0, 0.1) is 0 Å². The second-order valence-corrected chi connectivity index (χ2v) is 5.29. The topological polar surface area (TPSA) is 83.8 Å². The quantitative estimate of drug-likeness (QED) is 0.585. The summed E-state index contributed by atoms with van der Waals surface area (Å²) in [5.74, 6) is 0.556. The molecule has 0 saturated heterocycles. The van der Waals surface area contributed by atoms with E-state index in [1.54, 1.807) is 30.6 Å². The number of nitrogens with two attached hydrogens (primary N) is 1. The highest BCUT2D eigenvalue weighted by molar-refractivity contribution is 7.99. The maximum Gasteiger partial charge on any atom is 0.225 e. The zero-order chi connectivity index (χ0) is 13.7. The Labute approximate surface area is 119 Å². The Morgan fingerprint density at radius 2 is 2.37 bits per heavy atom. The summed E-state index contributed by atoms with van der Waals surface area (Å²) in [4.78, 5) is 18.8. The number of hydrogen-bond acceptors (Lipinski definition) is 4. The van der Waals surface area contributed by atoms with E-state index in [2.05, 4.69) is 15.3 Å². The first-order chi connectivity index (χ1) is 9.15. The predicted octanol–water partition coefficient (Wildman–Crippen LogP) is 2.77. The molecule has 100 valence electrons. The summed E-state index contributed by atoms with van der Waals surface area (Å²) in [7, 11) is 0. The summed E-state index contributed by atoms with van der Waals surface area (Å²) >= 11 is 7.28. The fraction of sp³-hybridized carbons (Fsp3) is 0.167. The van der Waals surface area contributed by atoms with Gasteiger partial charge in [0.1, 0.15) is 0 Å². The van der Waals surface area contributed by atoms with Crippen LogP contribution in [0.1, 0.15) is 6.42 Å². The highest BCUT2D eigenvalue weighted by Gasteiger charge is 2.06. The fourth-order valence-electron chi connectivity index (χ4n) is 1.43. The van der Waals surface area contributed by atoms with Crippen LogP contribution in [-0.4, -0.2) is 21.6 Å². The fourth-order valence-corrected chi connectivity index (χ4v) is 2.38. The van der Waals surface area contributed by atoms with Crippen LogP contribution in [0.3, 0.4) is 0 Å². The number of aromatic amines is 1. The Hall–Kier alpha value is -1.66. The minimum atomic E-state index is -0.0897. The normalized spacial score (nSPS) is 10.4. The van der Waals surface area contributed by atoms with Gasteiger partial charge in [0.05, 0.1) is 11.4 Å². The molecule has 0 aliphatic rings. The van der Waals surface area contributed by atoms with Gasteiger partial charge in [-0.2, -0.15) is 0 Å². The Kier molecular flexibility index (Phi) is 4.70. The molecule has 0 spiro atoms. The third-order valence-corrected chi connectivity index (χ3v) is 3.47. The van der Waals surface area contributed by atoms with Gasteiger partial charge in [-0.15, -0.1) is 0 Å². The first kappa shape index (κ1) is 13.8. The Morgan fingerprint density at radius 3 is 3.05 bits per heavy atom. The van der Waals surface area contributed by atoms with E-state index < -0.39 is 0 Å². The molecular formula is C12H13ClN4OS. The number of amides is 1. The van der Waals surface area contributed by atoms with Crippen LogP contribution in [0.2, 0.25) is 5.02 Å². The summed E-state index contributed by atoms with van der Waals surface area (Å²) < 4.78 is 0. The number of carbonyl (C=O) groups is 1. The second-order valence-electron chi connectivity index (χ2n) is 3.77. The number of nitrogen functional groups attached to an aromatic ring is 1. The van der Waals surface area contributed by atoms with Gasteiger partial charge in [0, 0.05) is 29.6 Å². The predicted molar refractivity (Wildman–Crippen MR) is 78.4 cm³/mol.